The van der Waals surface area contributed by atoms with Crippen LogP contribution in [0.3, 0.4) is 0 Å². The van der Waals surface area contributed by atoms with E-state index >= 15 is 0 Å². The van der Waals surface area contributed by atoms with E-state index in [9.17, 15) is 4.79 Å². The second-order valence-corrected chi connectivity index (χ2v) is 5.31. The van der Waals surface area contributed by atoms with Gasteiger partial charge < -0.3 is 4.74 Å². The van der Waals surface area contributed by atoms with Gasteiger partial charge in [0.05, 0.1) is 18.2 Å². The predicted octanol–water partition coefficient (Wildman–Crippen LogP) is 2.48. The monoisotopic (exact) mass is 274 g/mol. The van der Waals surface area contributed by atoms with Crippen LogP contribution in [0.5, 0.6) is 5.75 Å². The molecule has 0 radical (unpaired) electrons. The number of hydrogen-bond acceptors (Lipinski definition) is 4. The van der Waals surface area contributed by atoms with Gasteiger partial charge in [-0.25, -0.2) is 0 Å². The van der Waals surface area contributed by atoms with Gasteiger partial charge in [0.2, 0.25) is 0 Å². The fourth-order valence-corrected chi connectivity index (χ4v) is 2.58. The molecule has 2 aromatic rings. The second-order valence-electron chi connectivity index (χ2n) is 4.15. The largest absolute Gasteiger partial charge is 0.492 e. The number of thiazole rings is 1. The number of nitriles is 1. The number of benzene rings is 1. The number of aryl methyl sites for hydroxylation is 1. The molecule has 0 spiro atoms. The van der Waals surface area contributed by atoms with Gasteiger partial charge in [-0.05, 0) is 38.1 Å². The van der Waals surface area contributed by atoms with Crippen molar-refractivity contribution in [3.05, 3.63) is 50.1 Å². The SMILES string of the molecule is Cc1sc(=O)n(CCOc2ccc(C#N)cc2)c1C. The van der Waals surface area contributed by atoms with Crippen molar-refractivity contribution in [1.29, 1.82) is 5.26 Å². The average Bonchev–Trinajstić information content (AvgIpc) is 2.66. The van der Waals surface area contributed by atoms with Crippen LogP contribution in [-0.4, -0.2) is 11.2 Å². The first-order chi connectivity index (χ1) is 9.11. The number of aromatic nitrogens is 1. The van der Waals surface area contributed by atoms with Crippen LogP contribution in [0.1, 0.15) is 16.1 Å². The van der Waals surface area contributed by atoms with Crippen molar-refractivity contribution in [3.63, 3.8) is 0 Å². The zero-order valence-corrected chi connectivity index (χ0v) is 11.7. The Morgan fingerprint density at radius 1 is 1.32 bits per heavy atom. The van der Waals surface area contributed by atoms with Crippen molar-refractivity contribution < 1.29 is 4.74 Å². The van der Waals surface area contributed by atoms with E-state index in [1.54, 1.807) is 28.8 Å². The van der Waals surface area contributed by atoms with Crippen LogP contribution in [-0.2, 0) is 6.54 Å². The average molecular weight is 274 g/mol. The van der Waals surface area contributed by atoms with Crippen LogP contribution in [0.4, 0.5) is 0 Å². The standard InChI is InChI=1S/C14H14N2O2S/c1-10-11(2)19-14(17)16(10)7-8-18-13-5-3-12(9-15)4-6-13/h3-6H,7-8H2,1-2H3. The van der Waals surface area contributed by atoms with Crippen LogP contribution in [0.25, 0.3) is 0 Å². The summed E-state index contributed by atoms with van der Waals surface area (Å²) in [7, 11) is 0. The molecule has 0 atom stereocenters. The molecule has 0 aliphatic rings. The highest BCUT2D eigenvalue weighted by atomic mass is 32.1. The first-order valence-corrected chi connectivity index (χ1v) is 6.73. The Hall–Kier alpha value is -2.06. The first kappa shape index (κ1) is 13.4. The Bertz CT molecular complexity index is 662. The molecule has 0 saturated heterocycles. The van der Waals surface area contributed by atoms with E-state index in [0.29, 0.717) is 24.5 Å². The third kappa shape index (κ3) is 3.04. The minimum absolute atomic E-state index is 0.0541. The number of nitrogens with zero attached hydrogens (tertiary/aromatic N) is 2. The van der Waals surface area contributed by atoms with Crippen molar-refractivity contribution in [2.75, 3.05) is 6.61 Å². The van der Waals surface area contributed by atoms with Gasteiger partial charge in [0.25, 0.3) is 0 Å². The van der Waals surface area contributed by atoms with Crippen molar-refractivity contribution in [1.82, 2.24) is 4.57 Å². The van der Waals surface area contributed by atoms with Crippen molar-refractivity contribution in [2.45, 2.75) is 20.4 Å². The number of rotatable bonds is 4. The summed E-state index contributed by atoms with van der Waals surface area (Å²) < 4.78 is 7.29. The third-order valence-electron chi connectivity index (χ3n) is 2.94. The fourth-order valence-electron chi connectivity index (χ4n) is 1.73. The first-order valence-electron chi connectivity index (χ1n) is 5.91. The summed E-state index contributed by atoms with van der Waals surface area (Å²) in [5.74, 6) is 0.705. The van der Waals surface area contributed by atoms with Crippen LogP contribution in [0.2, 0.25) is 0 Å². The molecule has 0 amide bonds. The lowest BCUT2D eigenvalue weighted by Gasteiger charge is -2.08. The lowest BCUT2D eigenvalue weighted by atomic mass is 10.2. The minimum Gasteiger partial charge on any atom is -0.492 e. The van der Waals surface area contributed by atoms with Gasteiger partial charge >= 0.3 is 4.87 Å². The Labute approximate surface area is 115 Å². The van der Waals surface area contributed by atoms with E-state index in [-0.39, 0.29) is 4.87 Å². The fraction of sp³-hybridized carbons (Fsp3) is 0.286. The van der Waals surface area contributed by atoms with Gasteiger partial charge in [-0.3, -0.25) is 9.36 Å². The Morgan fingerprint density at radius 2 is 2.00 bits per heavy atom. The smallest absolute Gasteiger partial charge is 0.307 e. The quantitative estimate of drug-likeness (QED) is 0.860. The van der Waals surface area contributed by atoms with Gasteiger partial charge in [-0.1, -0.05) is 11.3 Å². The topological polar surface area (TPSA) is 55.0 Å². The molecule has 1 aromatic carbocycles. The van der Waals surface area contributed by atoms with E-state index in [2.05, 4.69) is 6.07 Å². The highest BCUT2D eigenvalue weighted by Crippen LogP contribution is 2.12. The van der Waals surface area contributed by atoms with E-state index in [1.807, 2.05) is 13.8 Å². The molecule has 0 N–H and O–H groups in total. The molecule has 19 heavy (non-hydrogen) atoms. The van der Waals surface area contributed by atoms with E-state index < -0.39 is 0 Å². The molecule has 1 aromatic heterocycles. The van der Waals surface area contributed by atoms with E-state index in [1.165, 1.54) is 11.3 Å². The third-order valence-corrected chi connectivity index (χ3v) is 3.94. The molecule has 2 rings (SSSR count). The summed E-state index contributed by atoms with van der Waals surface area (Å²) in [5.41, 5.74) is 1.60. The highest BCUT2D eigenvalue weighted by Gasteiger charge is 2.06. The molecular weight excluding hydrogens is 260 g/mol. The Balaban J connectivity index is 1.96. The lowest BCUT2D eigenvalue weighted by Crippen LogP contribution is -2.19. The summed E-state index contributed by atoms with van der Waals surface area (Å²) in [6.45, 7) is 4.85. The highest BCUT2D eigenvalue weighted by molar-refractivity contribution is 7.09. The maximum Gasteiger partial charge on any atom is 0.307 e. The minimum atomic E-state index is 0.0541. The summed E-state index contributed by atoms with van der Waals surface area (Å²) >= 11 is 1.26. The van der Waals surface area contributed by atoms with Crippen LogP contribution in [0.15, 0.2) is 29.1 Å². The molecule has 0 unspecified atom stereocenters. The maximum atomic E-state index is 11.7. The van der Waals surface area contributed by atoms with Gasteiger partial charge in [0, 0.05) is 10.6 Å². The number of hydrogen-bond donors (Lipinski definition) is 0. The van der Waals surface area contributed by atoms with E-state index in [4.69, 9.17) is 10.00 Å². The Morgan fingerprint density at radius 3 is 2.53 bits per heavy atom. The zero-order chi connectivity index (χ0) is 13.8. The molecule has 1 heterocycles. The Kier molecular flexibility index (Phi) is 4.03. The summed E-state index contributed by atoms with van der Waals surface area (Å²) in [6.07, 6.45) is 0. The molecule has 0 aliphatic carbocycles. The van der Waals surface area contributed by atoms with Crippen molar-refractivity contribution in [3.8, 4) is 11.8 Å². The summed E-state index contributed by atoms with van der Waals surface area (Å²) in [6, 6.07) is 8.99. The summed E-state index contributed by atoms with van der Waals surface area (Å²) in [4.78, 5) is 12.8. The van der Waals surface area contributed by atoms with Crippen LogP contribution >= 0.6 is 11.3 Å². The van der Waals surface area contributed by atoms with Crippen molar-refractivity contribution >= 4 is 11.3 Å². The summed E-state index contributed by atoms with van der Waals surface area (Å²) in [5, 5.41) is 8.69. The normalized spacial score (nSPS) is 10.2. The van der Waals surface area contributed by atoms with Gasteiger partial charge in [-0.15, -0.1) is 0 Å². The van der Waals surface area contributed by atoms with Crippen LogP contribution < -0.4 is 9.61 Å². The molecular formula is C14H14N2O2S. The van der Waals surface area contributed by atoms with Gasteiger partial charge in [0.15, 0.2) is 0 Å². The maximum absolute atomic E-state index is 11.7. The zero-order valence-electron chi connectivity index (χ0n) is 10.8. The molecule has 0 aliphatic heterocycles. The molecule has 0 fully saturated rings. The van der Waals surface area contributed by atoms with Gasteiger partial charge in [0.1, 0.15) is 12.4 Å². The van der Waals surface area contributed by atoms with Crippen LogP contribution in [0, 0.1) is 25.2 Å². The lowest BCUT2D eigenvalue weighted by molar-refractivity contribution is 0.296. The van der Waals surface area contributed by atoms with Crippen molar-refractivity contribution in [2.24, 2.45) is 0 Å². The molecule has 4 nitrogen and oxygen atoms in total. The molecule has 0 saturated carbocycles. The molecule has 5 heteroatoms. The van der Waals surface area contributed by atoms with Gasteiger partial charge in [-0.2, -0.15) is 5.26 Å². The molecule has 98 valence electrons. The predicted molar refractivity (Wildman–Crippen MR) is 74.7 cm³/mol. The molecule has 0 bridgehead atoms. The van der Waals surface area contributed by atoms with E-state index in [0.717, 1.165) is 10.6 Å². The second kappa shape index (κ2) is 5.72. The number of ether oxygens (including phenoxy) is 1.